The van der Waals surface area contributed by atoms with Crippen molar-refractivity contribution in [2.24, 2.45) is 0 Å². The summed E-state index contributed by atoms with van der Waals surface area (Å²) in [6, 6.07) is 0. The second-order valence-electron chi connectivity index (χ2n) is 1.30. The molecule has 0 spiro atoms. The highest BCUT2D eigenvalue weighted by Gasteiger charge is 2.03. The molecule has 8 heavy (non-hydrogen) atoms. The predicted molar refractivity (Wildman–Crippen MR) is 25.1 cm³/mol. The molecule has 0 fully saturated rings. The zero-order chi connectivity index (χ0) is 6.62. The molecule has 0 saturated heterocycles. The third-order valence-electron chi connectivity index (χ3n) is 0.528. The summed E-state index contributed by atoms with van der Waals surface area (Å²) in [7, 11) is -4.18. The van der Waals surface area contributed by atoms with Gasteiger partial charge in [-0.15, -0.1) is 0 Å². The Balaban J connectivity index is 3.42. The van der Waals surface area contributed by atoms with E-state index < -0.39 is 22.5 Å². The fraction of sp³-hybridized carbons (Fsp3) is 1.00. The molecule has 0 aliphatic carbocycles. The summed E-state index contributed by atoms with van der Waals surface area (Å²) in [5.41, 5.74) is 0. The fourth-order valence-corrected chi connectivity index (χ4v) is 0.694. The second-order valence-corrected chi connectivity index (χ2v) is 2.83. The Morgan fingerprint density at radius 2 is 1.88 bits per heavy atom. The van der Waals surface area contributed by atoms with E-state index in [1.54, 1.807) is 0 Å². The highest BCUT2D eigenvalue weighted by molar-refractivity contribution is 7.85. The van der Waals surface area contributed by atoms with E-state index in [-0.39, 0.29) is 6.42 Å². The predicted octanol–water partition coefficient (Wildman–Crippen LogP) is 0.106. The SMILES string of the molecule is [O]S(=O)(=O)CCCF. The lowest BCUT2D eigenvalue weighted by Crippen LogP contribution is -2.01. The third kappa shape index (κ3) is 5.84. The maximum atomic E-state index is 11.1. The molecule has 49 valence electrons. The standard InChI is InChI=1S/C3H6FO3S/c4-2-1-3-8(5,6)7/h1-3H2. The Bertz CT molecular complexity index is 139. The summed E-state index contributed by atoms with van der Waals surface area (Å²) >= 11 is 0. The van der Waals surface area contributed by atoms with Crippen LogP contribution in [-0.4, -0.2) is 20.8 Å². The average molecular weight is 141 g/mol. The molecule has 5 heteroatoms. The average Bonchev–Trinajstić information content (AvgIpc) is 1.59. The zero-order valence-electron chi connectivity index (χ0n) is 4.13. The summed E-state index contributed by atoms with van der Waals surface area (Å²) in [4.78, 5) is 0. The van der Waals surface area contributed by atoms with Crippen LogP contribution in [0.5, 0.6) is 0 Å². The quantitative estimate of drug-likeness (QED) is 0.560. The van der Waals surface area contributed by atoms with Gasteiger partial charge in [-0.2, -0.15) is 8.42 Å². The first-order valence-corrected chi connectivity index (χ1v) is 3.63. The Hall–Kier alpha value is -0.160. The molecule has 0 bridgehead atoms. The molecule has 1 radical (unpaired) electrons. The topological polar surface area (TPSA) is 54.0 Å². The summed E-state index contributed by atoms with van der Waals surface area (Å²) in [5, 5.41) is 0. The van der Waals surface area contributed by atoms with Crippen LogP contribution >= 0.6 is 0 Å². The largest absolute Gasteiger partial charge is 0.294 e. The van der Waals surface area contributed by atoms with Crippen LogP contribution in [0.2, 0.25) is 0 Å². The van der Waals surface area contributed by atoms with Crippen molar-refractivity contribution in [3.8, 4) is 0 Å². The van der Waals surface area contributed by atoms with E-state index in [1.165, 1.54) is 0 Å². The first-order chi connectivity index (χ1) is 3.56. The van der Waals surface area contributed by atoms with E-state index >= 15 is 0 Å². The molecule has 0 aromatic rings. The van der Waals surface area contributed by atoms with Gasteiger partial charge in [0.05, 0.1) is 12.4 Å². The number of halogens is 1. The second kappa shape index (κ2) is 2.99. The normalized spacial score (nSPS) is 11.8. The molecule has 0 amide bonds. The summed E-state index contributed by atoms with van der Waals surface area (Å²) in [6.45, 7) is -0.749. The third-order valence-corrected chi connectivity index (χ3v) is 1.32. The number of hydrogen-bond acceptors (Lipinski definition) is 2. The minimum Gasteiger partial charge on any atom is -0.251 e. The minimum absolute atomic E-state index is 0.189. The van der Waals surface area contributed by atoms with Crippen molar-refractivity contribution in [2.45, 2.75) is 6.42 Å². The van der Waals surface area contributed by atoms with Crippen LogP contribution in [0, 0.1) is 0 Å². The molecule has 0 unspecified atom stereocenters. The minimum atomic E-state index is -4.18. The monoisotopic (exact) mass is 141 g/mol. The van der Waals surface area contributed by atoms with E-state index in [1.807, 2.05) is 0 Å². The van der Waals surface area contributed by atoms with Crippen molar-refractivity contribution >= 4 is 10.1 Å². The smallest absolute Gasteiger partial charge is 0.251 e. The van der Waals surface area contributed by atoms with Gasteiger partial charge in [0.15, 0.2) is 0 Å². The van der Waals surface area contributed by atoms with E-state index in [4.69, 9.17) is 0 Å². The number of hydrogen-bond donors (Lipinski definition) is 0. The lowest BCUT2D eigenvalue weighted by molar-refractivity contribution is 0.406. The van der Waals surface area contributed by atoms with Crippen LogP contribution < -0.4 is 0 Å². The maximum absolute atomic E-state index is 11.1. The van der Waals surface area contributed by atoms with Gasteiger partial charge in [0.25, 0.3) is 10.1 Å². The number of alkyl halides is 1. The molecule has 0 rings (SSSR count). The summed E-state index contributed by atoms with van der Waals surface area (Å²) < 4.78 is 40.1. The van der Waals surface area contributed by atoms with Crippen LogP contribution in [0.1, 0.15) is 6.42 Å². The van der Waals surface area contributed by atoms with Gasteiger partial charge in [-0.1, -0.05) is 4.55 Å². The fourth-order valence-electron chi connectivity index (χ4n) is 0.231. The molecular formula is C3H6FO3S. The van der Waals surface area contributed by atoms with Crippen LogP contribution in [0.25, 0.3) is 0 Å². The molecule has 3 nitrogen and oxygen atoms in total. The molecule has 0 heterocycles. The first kappa shape index (κ1) is 7.84. The van der Waals surface area contributed by atoms with Crippen molar-refractivity contribution in [2.75, 3.05) is 12.4 Å². The highest BCUT2D eigenvalue weighted by Crippen LogP contribution is 1.88. The highest BCUT2D eigenvalue weighted by atomic mass is 32.2. The van der Waals surface area contributed by atoms with Crippen LogP contribution in [0.3, 0.4) is 0 Å². The van der Waals surface area contributed by atoms with Crippen LogP contribution in [-0.2, 0) is 14.7 Å². The summed E-state index contributed by atoms with van der Waals surface area (Å²) in [5.74, 6) is -0.594. The Kier molecular flexibility index (Phi) is 2.93. The van der Waals surface area contributed by atoms with Crippen molar-refractivity contribution in [3.63, 3.8) is 0 Å². The van der Waals surface area contributed by atoms with Gasteiger partial charge >= 0.3 is 0 Å². The molecular weight excluding hydrogens is 135 g/mol. The van der Waals surface area contributed by atoms with Gasteiger partial charge in [-0.25, -0.2) is 0 Å². The van der Waals surface area contributed by atoms with Crippen molar-refractivity contribution in [3.05, 3.63) is 0 Å². The van der Waals surface area contributed by atoms with Crippen molar-refractivity contribution in [1.82, 2.24) is 0 Å². The van der Waals surface area contributed by atoms with Gasteiger partial charge in [0.2, 0.25) is 0 Å². The van der Waals surface area contributed by atoms with Crippen LogP contribution in [0.15, 0.2) is 0 Å². The first-order valence-electron chi connectivity index (χ1n) is 2.06. The lowest BCUT2D eigenvalue weighted by Gasteiger charge is -1.85. The molecule has 0 saturated carbocycles. The zero-order valence-corrected chi connectivity index (χ0v) is 4.95. The summed E-state index contributed by atoms with van der Waals surface area (Å²) in [6.07, 6.45) is -0.189. The Morgan fingerprint density at radius 3 is 2.00 bits per heavy atom. The number of rotatable bonds is 3. The molecule has 0 aliphatic heterocycles. The Morgan fingerprint density at radius 1 is 1.38 bits per heavy atom. The lowest BCUT2D eigenvalue weighted by atomic mass is 10.6. The van der Waals surface area contributed by atoms with Crippen LogP contribution in [0.4, 0.5) is 4.39 Å². The van der Waals surface area contributed by atoms with E-state index in [2.05, 4.69) is 0 Å². The van der Waals surface area contributed by atoms with Crippen molar-refractivity contribution < 1.29 is 17.4 Å². The van der Waals surface area contributed by atoms with Gasteiger partial charge in [-0.05, 0) is 6.42 Å². The molecule has 0 aliphatic rings. The van der Waals surface area contributed by atoms with E-state index in [0.29, 0.717) is 0 Å². The van der Waals surface area contributed by atoms with E-state index in [9.17, 15) is 17.4 Å². The van der Waals surface area contributed by atoms with Crippen molar-refractivity contribution in [1.29, 1.82) is 0 Å². The van der Waals surface area contributed by atoms with Gasteiger partial charge in [-0.3, -0.25) is 4.39 Å². The van der Waals surface area contributed by atoms with Gasteiger partial charge < -0.3 is 0 Å². The van der Waals surface area contributed by atoms with Gasteiger partial charge in [0, 0.05) is 0 Å². The molecule has 0 aromatic heterocycles. The molecule has 0 N–H and O–H groups in total. The van der Waals surface area contributed by atoms with E-state index in [0.717, 1.165) is 0 Å². The molecule has 0 atom stereocenters. The molecule has 0 aromatic carbocycles. The Labute approximate surface area is 47.3 Å². The maximum Gasteiger partial charge on any atom is 0.294 e. The van der Waals surface area contributed by atoms with Gasteiger partial charge in [0.1, 0.15) is 0 Å².